The lowest BCUT2D eigenvalue weighted by Crippen LogP contribution is -2.71. The Labute approximate surface area is 218 Å². The van der Waals surface area contributed by atoms with E-state index >= 15 is 0 Å². The van der Waals surface area contributed by atoms with Gasteiger partial charge in [0.2, 0.25) is 0 Å². The maximum absolute atomic E-state index is 14.1. The van der Waals surface area contributed by atoms with Gasteiger partial charge in [0.15, 0.2) is 0 Å². The van der Waals surface area contributed by atoms with Crippen molar-refractivity contribution >= 4 is 11.9 Å². The maximum Gasteiger partial charge on any atom is 0.371 e. The fourth-order valence-corrected chi connectivity index (χ4v) is 6.59. The van der Waals surface area contributed by atoms with Gasteiger partial charge >= 0.3 is 11.9 Å². The number of carbonyl (C=O) groups is 2. The summed E-state index contributed by atoms with van der Waals surface area (Å²) in [4.78, 5) is 33.5. The lowest BCUT2D eigenvalue weighted by Gasteiger charge is -2.52. The quantitative estimate of drug-likeness (QED) is 0.460. The summed E-state index contributed by atoms with van der Waals surface area (Å²) in [5, 5.41) is 0. The van der Waals surface area contributed by atoms with Crippen LogP contribution in [0.1, 0.15) is 91.9 Å². The second kappa shape index (κ2) is 12.1. The Kier molecular flexibility index (Phi) is 9.34. The molecule has 2 saturated carbocycles. The highest BCUT2D eigenvalue weighted by atomic mass is 16.6. The summed E-state index contributed by atoms with van der Waals surface area (Å²) in [5.41, 5.74) is -0.599. The maximum atomic E-state index is 14.1. The van der Waals surface area contributed by atoms with Gasteiger partial charge in [0.05, 0.1) is 18.6 Å². The molecule has 4 fully saturated rings. The van der Waals surface area contributed by atoms with Crippen LogP contribution in [0, 0.1) is 5.92 Å². The third kappa shape index (κ3) is 6.43. The molecule has 0 N–H and O–H groups in total. The van der Waals surface area contributed by atoms with Crippen LogP contribution in [-0.4, -0.2) is 96.1 Å². The molecule has 2 heterocycles. The number of likely N-dealkylation sites (tertiary alicyclic amines) is 1. The first-order chi connectivity index (χ1) is 17.2. The molecule has 4 rings (SSSR count). The van der Waals surface area contributed by atoms with Crippen molar-refractivity contribution in [3.05, 3.63) is 0 Å². The topological polar surface area (TPSA) is 71.5 Å². The average Bonchev–Trinajstić information content (AvgIpc) is 3.57. The lowest BCUT2D eigenvalue weighted by atomic mass is 9.87. The molecule has 8 heteroatoms. The molecule has 0 aromatic carbocycles. The average molecular weight is 508 g/mol. The minimum absolute atomic E-state index is 0.0672. The normalized spacial score (nSPS) is 29.2. The molecule has 8 nitrogen and oxygen atoms in total. The summed E-state index contributed by atoms with van der Waals surface area (Å²) >= 11 is 0. The first-order valence-electron chi connectivity index (χ1n) is 14.5. The van der Waals surface area contributed by atoms with Crippen LogP contribution in [0.3, 0.4) is 0 Å². The van der Waals surface area contributed by atoms with Gasteiger partial charge in [-0.15, -0.1) is 0 Å². The van der Waals surface area contributed by atoms with E-state index in [1.807, 2.05) is 27.7 Å². The fraction of sp³-hybridized carbons (Fsp3) is 0.929. The molecule has 1 atom stereocenters. The second-order valence-electron chi connectivity index (χ2n) is 12.1. The van der Waals surface area contributed by atoms with Crippen LogP contribution < -0.4 is 0 Å². The first kappa shape index (κ1) is 27.8. The number of hydrogen-bond donors (Lipinski definition) is 0. The predicted octanol–water partition coefficient (Wildman–Crippen LogP) is 3.78. The van der Waals surface area contributed by atoms with Crippen LogP contribution in [0.4, 0.5) is 0 Å². The van der Waals surface area contributed by atoms with Crippen molar-refractivity contribution in [1.29, 1.82) is 0 Å². The Morgan fingerprint density at radius 1 is 0.778 bits per heavy atom. The largest absolute Gasteiger partial charge is 0.466 e. The van der Waals surface area contributed by atoms with E-state index in [2.05, 4.69) is 14.7 Å². The number of hydrogen-bond acceptors (Lipinski definition) is 8. The molecule has 0 aromatic heterocycles. The van der Waals surface area contributed by atoms with Gasteiger partial charge in [0.1, 0.15) is 5.60 Å². The van der Waals surface area contributed by atoms with Gasteiger partial charge in [-0.05, 0) is 79.1 Å². The summed E-state index contributed by atoms with van der Waals surface area (Å²) in [5.74, 6) is -1.65. The van der Waals surface area contributed by atoms with Gasteiger partial charge in [0, 0.05) is 45.3 Å². The number of esters is 2. The van der Waals surface area contributed by atoms with E-state index in [1.54, 1.807) is 0 Å². The summed E-state index contributed by atoms with van der Waals surface area (Å²) in [6.45, 7) is 13.2. The van der Waals surface area contributed by atoms with Gasteiger partial charge in [-0.2, -0.15) is 0 Å². The van der Waals surface area contributed by atoms with Crippen LogP contribution in [0.2, 0.25) is 0 Å². The minimum atomic E-state index is -1.20. The molecule has 36 heavy (non-hydrogen) atoms. The Hall–Kier alpha value is -1.22. The standard InChI is InChI=1S/C28H49N3O5/c1-5-34-25(32)22-12-14-24(15-13-22)35-28(30-16-8-9-17-30,26(33)36-27(2,3)4)31-20-18-29(19-21-31)23-10-6-7-11-23/h22-24H,5-21H2,1-4H3. The van der Waals surface area contributed by atoms with Crippen LogP contribution in [-0.2, 0) is 23.8 Å². The molecule has 2 saturated heterocycles. The summed E-state index contributed by atoms with van der Waals surface area (Å²) < 4.78 is 18.3. The molecule has 0 bridgehead atoms. The van der Waals surface area contributed by atoms with Gasteiger partial charge in [-0.25, -0.2) is 4.79 Å². The molecular weight excluding hydrogens is 458 g/mol. The van der Waals surface area contributed by atoms with Crippen molar-refractivity contribution in [3.8, 4) is 0 Å². The van der Waals surface area contributed by atoms with Gasteiger partial charge in [0.25, 0.3) is 5.85 Å². The van der Waals surface area contributed by atoms with Crippen molar-refractivity contribution in [2.45, 2.75) is 115 Å². The lowest BCUT2D eigenvalue weighted by molar-refractivity contribution is -0.281. The van der Waals surface area contributed by atoms with E-state index in [9.17, 15) is 9.59 Å². The Morgan fingerprint density at radius 3 is 1.92 bits per heavy atom. The molecule has 2 aliphatic carbocycles. The van der Waals surface area contributed by atoms with Crippen LogP contribution in [0.15, 0.2) is 0 Å². The molecule has 1 unspecified atom stereocenters. The molecule has 0 amide bonds. The van der Waals surface area contributed by atoms with E-state index < -0.39 is 11.4 Å². The first-order valence-corrected chi connectivity index (χ1v) is 14.5. The van der Waals surface area contributed by atoms with E-state index in [0.29, 0.717) is 12.6 Å². The van der Waals surface area contributed by atoms with Gasteiger partial charge < -0.3 is 14.2 Å². The second-order valence-corrected chi connectivity index (χ2v) is 12.1. The number of nitrogens with zero attached hydrogens (tertiary/aromatic N) is 3. The smallest absolute Gasteiger partial charge is 0.371 e. The fourth-order valence-electron chi connectivity index (χ4n) is 6.59. The van der Waals surface area contributed by atoms with E-state index in [-0.39, 0.29) is 24.0 Å². The number of carbonyl (C=O) groups excluding carboxylic acids is 2. The van der Waals surface area contributed by atoms with Crippen LogP contribution in [0.25, 0.3) is 0 Å². The van der Waals surface area contributed by atoms with Crippen molar-refractivity contribution in [2.24, 2.45) is 5.92 Å². The SMILES string of the molecule is CCOC(=O)C1CCC(OC(C(=O)OC(C)(C)C)(N2CCCC2)N2CCN(C3CCCC3)CC2)CC1. The number of piperazine rings is 1. The Morgan fingerprint density at radius 2 is 1.36 bits per heavy atom. The molecule has 4 aliphatic rings. The zero-order valence-corrected chi connectivity index (χ0v) is 23.1. The monoisotopic (exact) mass is 507 g/mol. The summed E-state index contributed by atoms with van der Waals surface area (Å²) in [6, 6.07) is 0.689. The predicted molar refractivity (Wildman–Crippen MR) is 138 cm³/mol. The number of ether oxygens (including phenoxy) is 3. The van der Waals surface area contributed by atoms with E-state index in [1.165, 1.54) is 25.7 Å². The van der Waals surface area contributed by atoms with Gasteiger partial charge in [-0.1, -0.05) is 12.8 Å². The van der Waals surface area contributed by atoms with Crippen molar-refractivity contribution < 1.29 is 23.8 Å². The minimum Gasteiger partial charge on any atom is -0.466 e. The van der Waals surface area contributed by atoms with Crippen molar-refractivity contribution in [1.82, 2.24) is 14.7 Å². The third-order valence-electron chi connectivity index (χ3n) is 8.41. The van der Waals surface area contributed by atoms with E-state index in [0.717, 1.165) is 77.8 Å². The Balaban J connectivity index is 1.54. The molecule has 0 radical (unpaired) electrons. The van der Waals surface area contributed by atoms with Crippen LogP contribution >= 0.6 is 0 Å². The highest BCUT2D eigenvalue weighted by molar-refractivity contribution is 5.79. The zero-order valence-electron chi connectivity index (χ0n) is 23.1. The molecular formula is C28H49N3O5. The van der Waals surface area contributed by atoms with Crippen molar-refractivity contribution in [3.63, 3.8) is 0 Å². The van der Waals surface area contributed by atoms with Crippen molar-refractivity contribution in [2.75, 3.05) is 45.9 Å². The third-order valence-corrected chi connectivity index (χ3v) is 8.41. The molecule has 2 aliphatic heterocycles. The zero-order chi connectivity index (χ0) is 25.8. The molecule has 206 valence electrons. The molecule has 0 spiro atoms. The highest BCUT2D eigenvalue weighted by Gasteiger charge is 2.56. The number of rotatable bonds is 8. The molecule has 0 aromatic rings. The highest BCUT2D eigenvalue weighted by Crippen LogP contribution is 2.37. The summed E-state index contributed by atoms with van der Waals surface area (Å²) in [6.07, 6.45) is 10.3. The van der Waals surface area contributed by atoms with E-state index in [4.69, 9.17) is 14.2 Å². The van der Waals surface area contributed by atoms with Crippen LogP contribution in [0.5, 0.6) is 0 Å². The van der Waals surface area contributed by atoms with Gasteiger partial charge in [-0.3, -0.25) is 19.5 Å². The summed E-state index contributed by atoms with van der Waals surface area (Å²) in [7, 11) is 0. The Bertz CT molecular complexity index is 728.